The van der Waals surface area contributed by atoms with Crippen LogP contribution < -0.4 is 19.5 Å². The van der Waals surface area contributed by atoms with Gasteiger partial charge in [-0.1, -0.05) is 0 Å². The summed E-state index contributed by atoms with van der Waals surface area (Å²) in [6.45, 7) is 3.42. The van der Waals surface area contributed by atoms with E-state index in [0.717, 1.165) is 17.8 Å². The van der Waals surface area contributed by atoms with E-state index < -0.39 is 29.6 Å². The van der Waals surface area contributed by atoms with Crippen molar-refractivity contribution in [3.63, 3.8) is 0 Å². The van der Waals surface area contributed by atoms with Crippen molar-refractivity contribution in [2.24, 2.45) is 4.99 Å². The maximum atomic E-state index is 13.6. The Labute approximate surface area is 228 Å². The van der Waals surface area contributed by atoms with Gasteiger partial charge in [0.1, 0.15) is 5.82 Å². The number of anilines is 1. The average molecular weight is 556 g/mol. The number of aliphatic imine (C=N–C) groups is 1. The molecule has 2 aromatic carbocycles. The van der Waals surface area contributed by atoms with Crippen molar-refractivity contribution in [3.8, 4) is 17.2 Å². The van der Waals surface area contributed by atoms with Crippen LogP contribution in [0, 0.1) is 5.82 Å². The number of esters is 1. The summed E-state index contributed by atoms with van der Waals surface area (Å²) in [6.07, 6.45) is 1.16. The molecule has 12 heteroatoms. The number of carbonyl (C=O) groups excluding carboxylic acids is 3. The Morgan fingerprint density at radius 2 is 1.72 bits per heavy atom. The van der Waals surface area contributed by atoms with Gasteiger partial charge in [-0.2, -0.15) is 0 Å². The van der Waals surface area contributed by atoms with Gasteiger partial charge in [0, 0.05) is 11.8 Å². The van der Waals surface area contributed by atoms with Gasteiger partial charge in [0.25, 0.3) is 11.8 Å². The zero-order chi connectivity index (χ0) is 28.3. The highest BCUT2D eigenvalue weighted by Crippen LogP contribution is 2.46. The third-order valence-corrected chi connectivity index (χ3v) is 6.90. The molecule has 204 valence electrons. The van der Waals surface area contributed by atoms with Crippen molar-refractivity contribution in [3.05, 3.63) is 70.0 Å². The fourth-order valence-corrected chi connectivity index (χ4v) is 5.16. The van der Waals surface area contributed by atoms with E-state index in [1.807, 2.05) is 0 Å². The minimum atomic E-state index is -0.969. The van der Waals surface area contributed by atoms with Gasteiger partial charge in [-0.3, -0.25) is 14.5 Å². The first kappa shape index (κ1) is 27.7. The summed E-state index contributed by atoms with van der Waals surface area (Å²) < 4.78 is 35.0. The van der Waals surface area contributed by atoms with Crippen molar-refractivity contribution in [1.82, 2.24) is 4.90 Å². The van der Waals surface area contributed by atoms with Crippen LogP contribution in [0.5, 0.6) is 17.2 Å². The number of rotatable bonds is 8. The van der Waals surface area contributed by atoms with Gasteiger partial charge in [0.2, 0.25) is 5.75 Å². The number of allylic oxidation sites excluding steroid dienone is 1. The number of nitrogens with one attached hydrogen (secondary N) is 1. The van der Waals surface area contributed by atoms with Crippen molar-refractivity contribution >= 4 is 40.4 Å². The second kappa shape index (κ2) is 11.6. The van der Waals surface area contributed by atoms with E-state index in [0.29, 0.717) is 34.2 Å². The molecule has 2 heterocycles. The molecule has 0 unspecified atom stereocenters. The summed E-state index contributed by atoms with van der Waals surface area (Å²) >= 11 is 0.963. The molecule has 2 aliphatic heterocycles. The van der Waals surface area contributed by atoms with Crippen LogP contribution >= 0.6 is 11.8 Å². The molecule has 2 aromatic rings. The number of halogens is 1. The number of ether oxygens (including phenoxy) is 4. The van der Waals surface area contributed by atoms with Gasteiger partial charge in [-0.05, 0) is 67.6 Å². The molecule has 0 spiro atoms. The molecule has 0 radical (unpaired) electrons. The van der Waals surface area contributed by atoms with Crippen LogP contribution in [0.15, 0.2) is 63.6 Å². The molecule has 1 atom stereocenters. The van der Waals surface area contributed by atoms with Gasteiger partial charge < -0.3 is 24.3 Å². The molecule has 0 aromatic heterocycles. The van der Waals surface area contributed by atoms with Gasteiger partial charge in [0.15, 0.2) is 16.7 Å². The van der Waals surface area contributed by atoms with Crippen LogP contribution in [-0.2, 0) is 19.1 Å². The number of thioether (sulfide) groups is 1. The van der Waals surface area contributed by atoms with Crippen LogP contribution in [0.25, 0.3) is 0 Å². The summed E-state index contributed by atoms with van der Waals surface area (Å²) in [5.74, 6) is -1.25. The van der Waals surface area contributed by atoms with Crippen LogP contribution in [0.1, 0.15) is 25.5 Å². The van der Waals surface area contributed by atoms with E-state index in [9.17, 15) is 18.8 Å². The molecule has 0 saturated heterocycles. The maximum Gasteiger partial charge on any atom is 0.338 e. The molecule has 10 nitrogen and oxygen atoms in total. The van der Waals surface area contributed by atoms with E-state index in [4.69, 9.17) is 18.9 Å². The molecular formula is C27H26FN3O7S. The lowest BCUT2D eigenvalue weighted by Crippen LogP contribution is -2.45. The monoisotopic (exact) mass is 555 g/mol. The molecule has 0 fully saturated rings. The average Bonchev–Trinajstić information content (AvgIpc) is 2.92. The number of hydrogen-bond acceptors (Lipinski definition) is 9. The molecule has 2 aliphatic rings. The number of hydrogen-bond donors (Lipinski definition) is 1. The number of nitrogens with zero attached hydrogens (tertiary/aromatic N) is 2. The first-order valence-electron chi connectivity index (χ1n) is 11.8. The standard InChI is InChI=1S/C27H26FN3O7S/c1-6-38-26(34)22-14(2)29-27-31(23(22)15-11-18(35-3)24(37-5)19(12-15)36-4)21(32)13-20(39-27)25(33)30-17-9-7-16(28)8-10-17/h7-13,23H,6H2,1-5H3,(H,30,33)/t23-/m1/s1. The highest BCUT2D eigenvalue weighted by molar-refractivity contribution is 8.18. The first-order valence-corrected chi connectivity index (χ1v) is 12.6. The zero-order valence-electron chi connectivity index (χ0n) is 21.9. The third-order valence-electron chi connectivity index (χ3n) is 5.91. The summed E-state index contributed by atoms with van der Waals surface area (Å²) in [7, 11) is 4.38. The number of amidine groups is 1. The topological polar surface area (TPSA) is 116 Å². The summed E-state index contributed by atoms with van der Waals surface area (Å²) in [4.78, 5) is 45.5. The highest BCUT2D eigenvalue weighted by atomic mass is 32.2. The van der Waals surface area contributed by atoms with Crippen LogP contribution in [-0.4, -0.2) is 55.8 Å². The van der Waals surface area contributed by atoms with Crippen molar-refractivity contribution in [1.29, 1.82) is 0 Å². The fraction of sp³-hybridized carbons (Fsp3) is 0.259. The Hall–Kier alpha value is -4.32. The van der Waals surface area contributed by atoms with Gasteiger partial charge in [-0.25, -0.2) is 14.2 Å². The van der Waals surface area contributed by atoms with Crippen molar-refractivity contribution in [2.75, 3.05) is 33.3 Å². The fourth-order valence-electron chi connectivity index (χ4n) is 4.18. The number of amides is 2. The third kappa shape index (κ3) is 5.46. The normalized spacial score (nSPS) is 16.6. The number of benzene rings is 2. The zero-order valence-corrected chi connectivity index (χ0v) is 22.7. The van der Waals surface area contributed by atoms with Gasteiger partial charge in [0.05, 0.1) is 50.2 Å². The van der Waals surface area contributed by atoms with Crippen LogP contribution in [0.2, 0.25) is 0 Å². The molecular weight excluding hydrogens is 529 g/mol. The molecule has 0 bridgehead atoms. The summed E-state index contributed by atoms with van der Waals surface area (Å²) in [6, 6.07) is 7.55. The molecule has 0 aliphatic carbocycles. The maximum absolute atomic E-state index is 13.6. The van der Waals surface area contributed by atoms with Crippen LogP contribution in [0.4, 0.5) is 10.1 Å². The second-order valence-electron chi connectivity index (χ2n) is 8.26. The Bertz CT molecular complexity index is 1390. The lowest BCUT2D eigenvalue weighted by molar-refractivity contribution is -0.139. The van der Waals surface area contributed by atoms with E-state index in [1.165, 1.54) is 50.5 Å². The number of methoxy groups -OCH3 is 3. The van der Waals surface area contributed by atoms with E-state index in [2.05, 4.69) is 10.3 Å². The number of fused-ring (bicyclic) bond motifs is 1. The minimum Gasteiger partial charge on any atom is -0.493 e. The SMILES string of the molecule is CCOC(=O)C1=C(C)N=C2SC(C(=O)Nc3ccc(F)cc3)=CC(=O)N2[C@@H]1c1cc(OC)c(OC)c(OC)c1. The van der Waals surface area contributed by atoms with Crippen molar-refractivity contribution < 1.29 is 37.7 Å². The lowest BCUT2D eigenvalue weighted by Gasteiger charge is -2.38. The van der Waals surface area contributed by atoms with Gasteiger partial charge in [-0.15, -0.1) is 0 Å². The predicted octanol–water partition coefficient (Wildman–Crippen LogP) is 4.20. The van der Waals surface area contributed by atoms with Crippen LogP contribution in [0.3, 0.4) is 0 Å². The second-order valence-corrected chi connectivity index (χ2v) is 9.26. The highest BCUT2D eigenvalue weighted by Gasteiger charge is 2.43. The van der Waals surface area contributed by atoms with E-state index in [-0.39, 0.29) is 22.3 Å². The predicted molar refractivity (Wildman–Crippen MR) is 143 cm³/mol. The van der Waals surface area contributed by atoms with E-state index in [1.54, 1.807) is 26.0 Å². The molecule has 1 N–H and O–H groups in total. The Morgan fingerprint density at radius 1 is 1.08 bits per heavy atom. The lowest BCUT2D eigenvalue weighted by atomic mass is 9.93. The van der Waals surface area contributed by atoms with Crippen molar-refractivity contribution in [2.45, 2.75) is 19.9 Å². The molecule has 4 rings (SSSR count). The summed E-state index contributed by atoms with van der Waals surface area (Å²) in [5.41, 5.74) is 1.30. The molecule has 0 saturated carbocycles. The first-order chi connectivity index (χ1) is 18.7. The Morgan fingerprint density at radius 3 is 2.28 bits per heavy atom. The van der Waals surface area contributed by atoms with E-state index >= 15 is 0 Å². The smallest absolute Gasteiger partial charge is 0.338 e. The van der Waals surface area contributed by atoms with Gasteiger partial charge >= 0.3 is 5.97 Å². The molecule has 2 amide bonds. The Kier molecular flexibility index (Phi) is 8.24. The quantitative estimate of drug-likeness (QED) is 0.482. The molecule has 39 heavy (non-hydrogen) atoms. The Balaban J connectivity index is 1.80. The summed E-state index contributed by atoms with van der Waals surface area (Å²) in [5, 5.41) is 2.83. The number of carbonyl (C=O) groups is 3. The largest absolute Gasteiger partial charge is 0.493 e. The minimum absolute atomic E-state index is 0.0790.